The van der Waals surface area contributed by atoms with Crippen LogP contribution < -0.4 is 0 Å². The van der Waals surface area contributed by atoms with Crippen LogP contribution in [0.15, 0.2) is 4.52 Å². The molecule has 134 valence electrons. The fourth-order valence-electron chi connectivity index (χ4n) is 3.84. The molecule has 1 aromatic heterocycles. The van der Waals surface area contributed by atoms with Crippen molar-refractivity contribution >= 4 is 5.91 Å². The predicted octanol–water partition coefficient (Wildman–Crippen LogP) is 3.45. The maximum absolute atomic E-state index is 13.0. The zero-order valence-electron chi connectivity index (χ0n) is 13.7. The summed E-state index contributed by atoms with van der Waals surface area (Å²) in [6.45, 7) is 2.77. The van der Waals surface area contributed by atoms with Gasteiger partial charge in [-0.2, -0.15) is 18.2 Å². The summed E-state index contributed by atoms with van der Waals surface area (Å²) in [4.78, 5) is 18.6. The SMILES string of the molecule is Cc1nc([C@@H]2CCCN(C(=O)[C@H]3CCC[C@@H](C(F)(F)F)C3)C2)no1. The van der Waals surface area contributed by atoms with Gasteiger partial charge in [-0.15, -0.1) is 0 Å². The molecule has 5 nitrogen and oxygen atoms in total. The van der Waals surface area contributed by atoms with Crippen LogP contribution in [0.2, 0.25) is 0 Å². The zero-order valence-corrected chi connectivity index (χ0v) is 13.7. The fourth-order valence-corrected chi connectivity index (χ4v) is 3.84. The molecule has 0 bridgehead atoms. The number of amides is 1. The van der Waals surface area contributed by atoms with Crippen LogP contribution in [0.25, 0.3) is 0 Å². The number of aryl methyl sites for hydroxylation is 1. The maximum atomic E-state index is 13.0. The molecule has 0 spiro atoms. The number of hydrogen-bond donors (Lipinski definition) is 0. The molecule has 0 unspecified atom stereocenters. The highest BCUT2D eigenvalue weighted by Gasteiger charge is 2.44. The first-order valence-corrected chi connectivity index (χ1v) is 8.50. The lowest BCUT2D eigenvalue weighted by atomic mass is 9.80. The Labute approximate surface area is 138 Å². The third kappa shape index (κ3) is 3.72. The summed E-state index contributed by atoms with van der Waals surface area (Å²) in [5.41, 5.74) is 0. The van der Waals surface area contributed by atoms with Crippen molar-refractivity contribution in [2.75, 3.05) is 13.1 Å². The number of likely N-dealkylation sites (tertiary alicyclic amines) is 1. The molecule has 1 amide bonds. The van der Waals surface area contributed by atoms with Gasteiger partial charge in [-0.3, -0.25) is 4.79 Å². The van der Waals surface area contributed by atoms with Gasteiger partial charge in [0.25, 0.3) is 0 Å². The van der Waals surface area contributed by atoms with Gasteiger partial charge in [-0.05, 0) is 32.1 Å². The lowest BCUT2D eigenvalue weighted by molar-refractivity contribution is -0.187. The first kappa shape index (κ1) is 17.2. The van der Waals surface area contributed by atoms with Crippen LogP contribution in [0.1, 0.15) is 56.2 Å². The van der Waals surface area contributed by atoms with Gasteiger partial charge in [0.05, 0.1) is 5.92 Å². The van der Waals surface area contributed by atoms with E-state index in [0.717, 1.165) is 12.8 Å². The van der Waals surface area contributed by atoms with Gasteiger partial charge in [-0.25, -0.2) is 0 Å². The summed E-state index contributed by atoms with van der Waals surface area (Å²) in [6, 6.07) is 0. The predicted molar refractivity (Wildman–Crippen MR) is 79.1 cm³/mol. The van der Waals surface area contributed by atoms with Gasteiger partial charge in [0.2, 0.25) is 11.8 Å². The molecule has 2 fully saturated rings. The van der Waals surface area contributed by atoms with Crippen LogP contribution in [0.4, 0.5) is 13.2 Å². The van der Waals surface area contributed by atoms with Crippen LogP contribution in [-0.2, 0) is 4.79 Å². The lowest BCUT2D eigenvalue weighted by Crippen LogP contribution is -2.44. The number of alkyl halides is 3. The van der Waals surface area contributed by atoms with E-state index in [-0.39, 0.29) is 24.7 Å². The number of carbonyl (C=O) groups is 1. The van der Waals surface area contributed by atoms with E-state index in [4.69, 9.17) is 4.52 Å². The number of hydrogen-bond acceptors (Lipinski definition) is 4. The summed E-state index contributed by atoms with van der Waals surface area (Å²) in [5.74, 6) is -0.941. The molecule has 1 aromatic rings. The maximum Gasteiger partial charge on any atom is 0.391 e. The van der Waals surface area contributed by atoms with Crippen molar-refractivity contribution in [3.63, 3.8) is 0 Å². The van der Waals surface area contributed by atoms with Crippen LogP contribution in [-0.4, -0.2) is 40.2 Å². The van der Waals surface area contributed by atoms with Crippen molar-refractivity contribution in [1.82, 2.24) is 15.0 Å². The van der Waals surface area contributed by atoms with E-state index in [1.54, 1.807) is 11.8 Å². The summed E-state index contributed by atoms with van der Waals surface area (Å²) in [6.07, 6.45) is -1.47. The van der Waals surface area contributed by atoms with Gasteiger partial charge in [0.15, 0.2) is 5.82 Å². The van der Waals surface area contributed by atoms with Crippen molar-refractivity contribution in [3.05, 3.63) is 11.7 Å². The smallest absolute Gasteiger partial charge is 0.342 e. The van der Waals surface area contributed by atoms with E-state index >= 15 is 0 Å². The Morgan fingerprint density at radius 1 is 1.25 bits per heavy atom. The number of carbonyl (C=O) groups excluding carboxylic acids is 1. The highest BCUT2D eigenvalue weighted by atomic mass is 19.4. The Morgan fingerprint density at radius 3 is 2.71 bits per heavy atom. The normalized spacial score (nSPS) is 28.8. The molecule has 1 saturated heterocycles. The van der Waals surface area contributed by atoms with Crippen molar-refractivity contribution in [3.8, 4) is 0 Å². The molecule has 3 atom stereocenters. The third-order valence-corrected chi connectivity index (χ3v) is 5.13. The Morgan fingerprint density at radius 2 is 2.04 bits per heavy atom. The minimum absolute atomic E-state index is 0.00199. The first-order chi connectivity index (χ1) is 11.3. The van der Waals surface area contributed by atoms with Gasteiger partial charge in [-0.1, -0.05) is 11.6 Å². The van der Waals surface area contributed by atoms with Crippen LogP contribution in [0.5, 0.6) is 0 Å². The molecule has 1 aliphatic carbocycles. The monoisotopic (exact) mass is 345 g/mol. The van der Waals surface area contributed by atoms with Crippen LogP contribution in [0.3, 0.4) is 0 Å². The number of piperidine rings is 1. The molecule has 0 aromatic carbocycles. The van der Waals surface area contributed by atoms with Crippen molar-refractivity contribution in [2.24, 2.45) is 11.8 Å². The van der Waals surface area contributed by atoms with Gasteiger partial charge in [0, 0.05) is 31.8 Å². The Hall–Kier alpha value is -1.60. The molecule has 8 heteroatoms. The van der Waals surface area contributed by atoms with Crippen molar-refractivity contribution in [2.45, 2.75) is 57.5 Å². The van der Waals surface area contributed by atoms with Gasteiger partial charge >= 0.3 is 6.18 Å². The molecule has 0 radical (unpaired) electrons. The molecular formula is C16H22F3N3O2. The minimum atomic E-state index is -4.20. The minimum Gasteiger partial charge on any atom is -0.342 e. The average Bonchev–Trinajstić information content (AvgIpc) is 3.00. The van der Waals surface area contributed by atoms with Crippen molar-refractivity contribution in [1.29, 1.82) is 0 Å². The van der Waals surface area contributed by atoms with E-state index in [0.29, 0.717) is 37.6 Å². The van der Waals surface area contributed by atoms with Gasteiger partial charge < -0.3 is 9.42 Å². The second-order valence-corrected chi connectivity index (χ2v) is 6.90. The molecule has 2 aliphatic rings. The molecule has 1 aliphatic heterocycles. The van der Waals surface area contributed by atoms with E-state index < -0.39 is 18.0 Å². The van der Waals surface area contributed by atoms with Crippen LogP contribution >= 0.6 is 0 Å². The second kappa shape index (κ2) is 6.72. The largest absolute Gasteiger partial charge is 0.391 e. The topological polar surface area (TPSA) is 59.2 Å². The molecule has 0 N–H and O–H groups in total. The molecule has 1 saturated carbocycles. The summed E-state index contributed by atoms with van der Waals surface area (Å²) in [5, 5.41) is 3.92. The number of halogens is 3. The van der Waals surface area contributed by atoms with E-state index in [2.05, 4.69) is 10.1 Å². The zero-order chi connectivity index (χ0) is 17.3. The average molecular weight is 345 g/mol. The second-order valence-electron chi connectivity index (χ2n) is 6.90. The molecule has 24 heavy (non-hydrogen) atoms. The standard InChI is InChI=1S/C16H22F3N3O2/c1-10-20-14(21-24-10)12-5-3-7-22(9-12)15(23)11-4-2-6-13(8-11)16(17,18)19/h11-13H,2-9H2,1H3/t11-,12+,13+/m0/s1. The summed E-state index contributed by atoms with van der Waals surface area (Å²) < 4.78 is 43.9. The van der Waals surface area contributed by atoms with E-state index in [1.807, 2.05) is 0 Å². The Bertz CT molecular complexity index is 587. The van der Waals surface area contributed by atoms with E-state index in [9.17, 15) is 18.0 Å². The summed E-state index contributed by atoms with van der Waals surface area (Å²) >= 11 is 0. The highest BCUT2D eigenvalue weighted by Crippen LogP contribution is 2.41. The lowest BCUT2D eigenvalue weighted by Gasteiger charge is -2.36. The Balaban J connectivity index is 1.64. The molecule has 2 heterocycles. The fraction of sp³-hybridized carbons (Fsp3) is 0.812. The van der Waals surface area contributed by atoms with Crippen LogP contribution in [0, 0.1) is 18.8 Å². The Kier molecular flexibility index (Phi) is 4.83. The first-order valence-electron chi connectivity index (χ1n) is 8.50. The number of nitrogens with zero attached hydrogens (tertiary/aromatic N) is 3. The molecule has 3 rings (SSSR count). The number of rotatable bonds is 2. The summed E-state index contributed by atoms with van der Waals surface area (Å²) in [7, 11) is 0. The third-order valence-electron chi connectivity index (χ3n) is 5.13. The highest BCUT2D eigenvalue weighted by molar-refractivity contribution is 5.79. The molecular weight excluding hydrogens is 323 g/mol. The van der Waals surface area contributed by atoms with Crippen molar-refractivity contribution < 1.29 is 22.5 Å². The quantitative estimate of drug-likeness (QED) is 0.824. The van der Waals surface area contributed by atoms with E-state index in [1.165, 1.54) is 0 Å². The van der Waals surface area contributed by atoms with Gasteiger partial charge in [0.1, 0.15) is 0 Å². The number of aromatic nitrogens is 2.